The lowest BCUT2D eigenvalue weighted by Crippen LogP contribution is -1.97. The minimum Gasteiger partial charge on any atom is -0.329 e. The number of nitrogens with zero attached hydrogens (tertiary/aromatic N) is 3. The fourth-order valence-electron chi connectivity index (χ4n) is 2.45. The SMILES string of the molecule is S=c1[nH]c2cccnc2n1-c1cccc2ncccc12. The van der Waals surface area contributed by atoms with E-state index < -0.39 is 0 Å². The molecule has 20 heavy (non-hydrogen) atoms. The van der Waals surface area contributed by atoms with E-state index >= 15 is 0 Å². The highest BCUT2D eigenvalue weighted by Gasteiger charge is 2.10. The molecule has 0 atom stereocenters. The lowest BCUT2D eigenvalue weighted by Gasteiger charge is -2.07. The number of H-pyrrole nitrogens is 1. The summed E-state index contributed by atoms with van der Waals surface area (Å²) in [4.78, 5) is 12.0. The minimum absolute atomic E-state index is 0.634. The first-order chi connectivity index (χ1) is 9.84. The molecule has 0 radical (unpaired) electrons. The van der Waals surface area contributed by atoms with Crippen LogP contribution in [-0.4, -0.2) is 19.5 Å². The first-order valence-corrected chi connectivity index (χ1v) is 6.65. The largest absolute Gasteiger partial charge is 0.329 e. The predicted octanol–water partition coefficient (Wildman–Crippen LogP) is 3.63. The fourth-order valence-corrected chi connectivity index (χ4v) is 2.74. The van der Waals surface area contributed by atoms with Gasteiger partial charge in [-0.3, -0.25) is 9.55 Å². The molecular weight excluding hydrogens is 268 g/mol. The van der Waals surface area contributed by atoms with Crippen molar-refractivity contribution in [2.45, 2.75) is 0 Å². The van der Waals surface area contributed by atoms with Crippen LogP contribution in [0, 0.1) is 4.77 Å². The van der Waals surface area contributed by atoms with Gasteiger partial charge in [0.2, 0.25) is 0 Å². The lowest BCUT2D eigenvalue weighted by molar-refractivity contribution is 1.05. The summed E-state index contributed by atoms with van der Waals surface area (Å²) in [5.41, 5.74) is 3.69. The van der Waals surface area contributed by atoms with Crippen LogP contribution in [-0.2, 0) is 0 Å². The summed E-state index contributed by atoms with van der Waals surface area (Å²) >= 11 is 5.44. The number of fused-ring (bicyclic) bond motifs is 2. The van der Waals surface area contributed by atoms with Gasteiger partial charge in [-0.2, -0.15) is 0 Å². The summed E-state index contributed by atoms with van der Waals surface area (Å²) in [6.45, 7) is 0. The Hall–Kier alpha value is -2.53. The van der Waals surface area contributed by atoms with E-state index in [9.17, 15) is 0 Å². The van der Waals surface area contributed by atoms with E-state index in [-0.39, 0.29) is 0 Å². The highest BCUT2D eigenvalue weighted by molar-refractivity contribution is 7.71. The lowest BCUT2D eigenvalue weighted by atomic mass is 10.2. The zero-order valence-electron chi connectivity index (χ0n) is 10.4. The van der Waals surface area contributed by atoms with Gasteiger partial charge in [-0.25, -0.2) is 4.98 Å². The molecule has 4 nitrogen and oxygen atoms in total. The Balaban J connectivity index is 2.17. The predicted molar refractivity (Wildman–Crippen MR) is 81.6 cm³/mol. The highest BCUT2D eigenvalue weighted by Crippen LogP contribution is 2.24. The average Bonchev–Trinajstić information content (AvgIpc) is 2.82. The Labute approximate surface area is 119 Å². The van der Waals surface area contributed by atoms with Gasteiger partial charge in [0, 0.05) is 17.8 Å². The summed E-state index contributed by atoms with van der Waals surface area (Å²) in [5.74, 6) is 0. The number of aromatic nitrogens is 4. The quantitative estimate of drug-likeness (QED) is 0.541. The average molecular weight is 278 g/mol. The Morgan fingerprint density at radius 1 is 0.950 bits per heavy atom. The van der Waals surface area contributed by atoms with Crippen molar-refractivity contribution in [1.82, 2.24) is 19.5 Å². The molecule has 0 spiro atoms. The number of pyridine rings is 2. The Morgan fingerprint density at radius 2 is 1.80 bits per heavy atom. The molecule has 3 aromatic heterocycles. The van der Waals surface area contributed by atoms with E-state index in [1.54, 1.807) is 12.4 Å². The molecule has 1 aromatic carbocycles. The molecule has 0 saturated carbocycles. The first-order valence-electron chi connectivity index (χ1n) is 6.24. The van der Waals surface area contributed by atoms with Crippen LogP contribution >= 0.6 is 12.2 Å². The zero-order valence-corrected chi connectivity index (χ0v) is 11.3. The van der Waals surface area contributed by atoms with Crippen molar-refractivity contribution >= 4 is 34.3 Å². The number of nitrogens with one attached hydrogen (secondary N) is 1. The van der Waals surface area contributed by atoms with Crippen molar-refractivity contribution in [1.29, 1.82) is 0 Å². The summed E-state index contributed by atoms with van der Waals surface area (Å²) in [6, 6.07) is 13.8. The van der Waals surface area contributed by atoms with Crippen molar-refractivity contribution in [2.24, 2.45) is 0 Å². The smallest absolute Gasteiger partial charge is 0.184 e. The van der Waals surface area contributed by atoms with Crippen LogP contribution in [0.4, 0.5) is 0 Å². The summed E-state index contributed by atoms with van der Waals surface area (Å²) < 4.78 is 2.59. The van der Waals surface area contributed by atoms with E-state index in [4.69, 9.17) is 12.2 Å². The van der Waals surface area contributed by atoms with Gasteiger partial charge in [0.15, 0.2) is 10.4 Å². The number of imidazole rings is 1. The number of hydrogen-bond donors (Lipinski definition) is 1. The Morgan fingerprint density at radius 3 is 2.75 bits per heavy atom. The second kappa shape index (κ2) is 4.25. The third-order valence-corrected chi connectivity index (χ3v) is 3.59. The van der Waals surface area contributed by atoms with Gasteiger partial charge >= 0.3 is 0 Å². The van der Waals surface area contributed by atoms with Gasteiger partial charge < -0.3 is 4.98 Å². The highest BCUT2D eigenvalue weighted by atomic mass is 32.1. The second-order valence-electron chi connectivity index (χ2n) is 4.49. The molecule has 0 fully saturated rings. The van der Waals surface area contributed by atoms with E-state index in [1.165, 1.54) is 0 Å². The number of benzene rings is 1. The Bertz CT molecular complexity index is 978. The third kappa shape index (κ3) is 1.57. The maximum Gasteiger partial charge on any atom is 0.184 e. The number of rotatable bonds is 1. The van der Waals surface area contributed by atoms with E-state index in [0.29, 0.717) is 4.77 Å². The van der Waals surface area contributed by atoms with Crippen LogP contribution in [0.2, 0.25) is 0 Å². The monoisotopic (exact) mass is 278 g/mol. The van der Waals surface area contributed by atoms with Crippen molar-refractivity contribution in [3.63, 3.8) is 0 Å². The molecule has 0 aliphatic carbocycles. The molecule has 0 unspecified atom stereocenters. The van der Waals surface area contributed by atoms with Crippen molar-refractivity contribution in [3.8, 4) is 5.69 Å². The van der Waals surface area contributed by atoms with Gasteiger partial charge in [-0.1, -0.05) is 6.07 Å². The van der Waals surface area contributed by atoms with Gasteiger partial charge in [0.1, 0.15) is 0 Å². The fraction of sp³-hybridized carbons (Fsp3) is 0. The third-order valence-electron chi connectivity index (χ3n) is 3.31. The molecule has 0 amide bonds. The van der Waals surface area contributed by atoms with Gasteiger partial charge in [-0.15, -0.1) is 0 Å². The molecule has 0 bridgehead atoms. The number of aromatic amines is 1. The van der Waals surface area contributed by atoms with Crippen molar-refractivity contribution in [3.05, 3.63) is 59.6 Å². The summed E-state index contributed by atoms with van der Waals surface area (Å²) in [6.07, 6.45) is 3.56. The normalized spacial score (nSPS) is 11.2. The van der Waals surface area contributed by atoms with Gasteiger partial charge in [-0.05, 0) is 48.6 Å². The maximum absolute atomic E-state index is 5.44. The van der Waals surface area contributed by atoms with E-state index in [1.807, 2.05) is 47.0 Å². The van der Waals surface area contributed by atoms with Crippen LogP contribution < -0.4 is 0 Å². The molecule has 5 heteroatoms. The van der Waals surface area contributed by atoms with Crippen molar-refractivity contribution in [2.75, 3.05) is 0 Å². The minimum atomic E-state index is 0.634. The molecule has 3 heterocycles. The van der Waals surface area contributed by atoms with Crippen LogP contribution in [0.1, 0.15) is 0 Å². The molecule has 1 N–H and O–H groups in total. The number of hydrogen-bond acceptors (Lipinski definition) is 3. The Kier molecular flexibility index (Phi) is 2.40. The molecule has 0 aliphatic heterocycles. The zero-order chi connectivity index (χ0) is 13.5. The molecule has 0 aliphatic rings. The van der Waals surface area contributed by atoms with Gasteiger partial charge in [0.05, 0.1) is 16.7 Å². The molecule has 0 saturated heterocycles. The topological polar surface area (TPSA) is 46.5 Å². The van der Waals surface area contributed by atoms with Crippen LogP contribution in [0.5, 0.6) is 0 Å². The van der Waals surface area contributed by atoms with Gasteiger partial charge in [0.25, 0.3) is 0 Å². The van der Waals surface area contributed by atoms with Crippen LogP contribution in [0.15, 0.2) is 54.9 Å². The maximum atomic E-state index is 5.44. The standard InChI is InChI=1S/C15H10N4S/c20-15-18-12-6-3-9-17-14(12)19(15)13-7-1-5-11-10(13)4-2-8-16-11/h1-9H,(H,18,20). The van der Waals surface area contributed by atoms with E-state index in [2.05, 4.69) is 15.0 Å². The summed E-state index contributed by atoms with van der Waals surface area (Å²) in [5, 5.41) is 1.05. The second-order valence-corrected chi connectivity index (χ2v) is 4.87. The summed E-state index contributed by atoms with van der Waals surface area (Å²) in [7, 11) is 0. The van der Waals surface area contributed by atoms with Crippen LogP contribution in [0.3, 0.4) is 0 Å². The molecule has 96 valence electrons. The first kappa shape index (κ1) is 11.3. The van der Waals surface area contributed by atoms with E-state index in [0.717, 1.165) is 27.8 Å². The molecule has 4 rings (SSSR count). The molecular formula is C15H10N4S. The molecule has 4 aromatic rings. The van der Waals surface area contributed by atoms with Crippen molar-refractivity contribution < 1.29 is 0 Å². The van der Waals surface area contributed by atoms with Crippen LogP contribution in [0.25, 0.3) is 27.8 Å².